The molecule has 0 bridgehead atoms. The highest BCUT2D eigenvalue weighted by Gasteiger charge is 2.13. The highest BCUT2D eigenvalue weighted by Crippen LogP contribution is 2.37. The lowest BCUT2D eigenvalue weighted by Gasteiger charge is -2.15. The number of nitrogens with zero attached hydrogens (tertiary/aromatic N) is 1. The summed E-state index contributed by atoms with van der Waals surface area (Å²) in [7, 11) is 3.04. The van der Waals surface area contributed by atoms with Crippen molar-refractivity contribution in [3.63, 3.8) is 0 Å². The Kier molecular flexibility index (Phi) is 9.18. The van der Waals surface area contributed by atoms with E-state index in [0.717, 1.165) is 5.56 Å². The normalized spacial score (nSPS) is 10.7. The zero-order valence-corrected chi connectivity index (χ0v) is 21.3. The Morgan fingerprint density at radius 3 is 2.44 bits per heavy atom. The molecule has 0 aliphatic carbocycles. The van der Waals surface area contributed by atoms with E-state index in [1.807, 2.05) is 37.3 Å². The van der Waals surface area contributed by atoms with Crippen LogP contribution in [-0.2, 0) is 6.61 Å². The van der Waals surface area contributed by atoms with Crippen molar-refractivity contribution in [2.75, 3.05) is 20.8 Å². The van der Waals surface area contributed by atoms with Crippen LogP contribution in [0.3, 0.4) is 0 Å². The number of hydrogen-bond donors (Lipinski definition) is 1. The standard InChI is InChI=1S/C25H24BrClN2O5/c1-4-33-23-10-17(9-22(26)24(23)34-15-16-6-5-7-19(27)8-16)14-28-29-25(30)18-11-20(31-2)13-21(12-18)32-3/h5-14H,4,15H2,1-3H3,(H,29,30)/b28-14-. The highest BCUT2D eigenvalue weighted by molar-refractivity contribution is 9.10. The fraction of sp³-hybridized carbons (Fsp3) is 0.200. The maximum absolute atomic E-state index is 12.5. The van der Waals surface area contributed by atoms with Crippen LogP contribution in [0, 0.1) is 0 Å². The van der Waals surface area contributed by atoms with E-state index in [4.69, 9.17) is 30.5 Å². The lowest BCUT2D eigenvalue weighted by molar-refractivity contribution is 0.0954. The zero-order chi connectivity index (χ0) is 24.5. The molecule has 3 aromatic carbocycles. The summed E-state index contributed by atoms with van der Waals surface area (Å²) in [5.74, 6) is 1.72. The summed E-state index contributed by atoms with van der Waals surface area (Å²) in [6.45, 7) is 2.67. The summed E-state index contributed by atoms with van der Waals surface area (Å²) in [6, 6.07) is 15.9. The Labute approximate surface area is 211 Å². The van der Waals surface area contributed by atoms with Crippen molar-refractivity contribution in [3.05, 3.63) is 80.8 Å². The van der Waals surface area contributed by atoms with Crippen molar-refractivity contribution in [1.29, 1.82) is 0 Å². The van der Waals surface area contributed by atoms with Gasteiger partial charge in [0.1, 0.15) is 18.1 Å². The smallest absolute Gasteiger partial charge is 0.271 e. The SMILES string of the molecule is CCOc1cc(/C=N\NC(=O)c2cc(OC)cc(OC)c2)cc(Br)c1OCc1cccc(Cl)c1. The zero-order valence-electron chi connectivity index (χ0n) is 18.9. The van der Waals surface area contributed by atoms with E-state index in [-0.39, 0.29) is 0 Å². The van der Waals surface area contributed by atoms with Crippen molar-refractivity contribution in [2.45, 2.75) is 13.5 Å². The second-order valence-corrected chi connectivity index (χ2v) is 8.27. The van der Waals surface area contributed by atoms with E-state index in [1.54, 1.807) is 24.3 Å². The predicted octanol–water partition coefficient (Wildman–Crippen LogP) is 5.86. The first-order valence-corrected chi connectivity index (χ1v) is 11.5. The van der Waals surface area contributed by atoms with E-state index in [0.29, 0.717) is 56.8 Å². The van der Waals surface area contributed by atoms with Crippen molar-refractivity contribution in [1.82, 2.24) is 5.43 Å². The molecular formula is C25H24BrClN2O5. The summed E-state index contributed by atoms with van der Waals surface area (Å²) < 4.78 is 22.8. The molecule has 0 saturated heterocycles. The number of hydrazone groups is 1. The van der Waals surface area contributed by atoms with Gasteiger partial charge in [-0.3, -0.25) is 4.79 Å². The van der Waals surface area contributed by atoms with E-state index in [1.165, 1.54) is 20.4 Å². The van der Waals surface area contributed by atoms with Crippen LogP contribution < -0.4 is 24.4 Å². The topological polar surface area (TPSA) is 78.4 Å². The van der Waals surface area contributed by atoms with Gasteiger partial charge in [0.05, 0.1) is 31.5 Å². The van der Waals surface area contributed by atoms with Gasteiger partial charge in [-0.1, -0.05) is 23.7 Å². The molecule has 1 amide bonds. The van der Waals surface area contributed by atoms with Crippen molar-refractivity contribution in [3.8, 4) is 23.0 Å². The Bertz CT molecular complexity index is 1160. The molecule has 0 atom stereocenters. The number of nitrogens with one attached hydrogen (secondary N) is 1. The molecule has 7 nitrogen and oxygen atoms in total. The number of amides is 1. The highest BCUT2D eigenvalue weighted by atomic mass is 79.9. The van der Waals surface area contributed by atoms with Crippen LogP contribution in [0.1, 0.15) is 28.4 Å². The lowest BCUT2D eigenvalue weighted by atomic mass is 10.2. The molecule has 0 aromatic heterocycles. The number of carbonyl (C=O) groups excluding carboxylic acids is 1. The quantitative estimate of drug-likeness (QED) is 0.254. The molecule has 9 heteroatoms. The molecule has 178 valence electrons. The molecule has 34 heavy (non-hydrogen) atoms. The first-order valence-electron chi connectivity index (χ1n) is 10.3. The van der Waals surface area contributed by atoms with Crippen LogP contribution in [0.2, 0.25) is 5.02 Å². The monoisotopic (exact) mass is 546 g/mol. The maximum atomic E-state index is 12.5. The molecule has 0 unspecified atom stereocenters. The molecule has 3 rings (SSSR count). The first-order chi connectivity index (χ1) is 16.4. The molecule has 0 heterocycles. The van der Waals surface area contributed by atoms with E-state index in [2.05, 4.69) is 26.5 Å². The third-order valence-electron chi connectivity index (χ3n) is 4.60. The predicted molar refractivity (Wildman–Crippen MR) is 136 cm³/mol. The van der Waals surface area contributed by atoms with Gasteiger partial charge in [-0.05, 0) is 70.4 Å². The first kappa shape index (κ1) is 25.4. The average Bonchev–Trinajstić information content (AvgIpc) is 2.83. The summed E-state index contributed by atoms with van der Waals surface area (Å²) in [5.41, 5.74) is 4.50. The molecule has 1 N–H and O–H groups in total. The van der Waals surface area contributed by atoms with Gasteiger partial charge >= 0.3 is 0 Å². The van der Waals surface area contributed by atoms with Crippen LogP contribution >= 0.6 is 27.5 Å². The fourth-order valence-electron chi connectivity index (χ4n) is 3.02. The number of halogens is 2. The van der Waals surface area contributed by atoms with Crippen molar-refractivity contribution >= 4 is 39.7 Å². The Morgan fingerprint density at radius 1 is 1.06 bits per heavy atom. The van der Waals surface area contributed by atoms with E-state index >= 15 is 0 Å². The summed E-state index contributed by atoms with van der Waals surface area (Å²) in [5, 5.41) is 4.71. The van der Waals surface area contributed by atoms with E-state index in [9.17, 15) is 4.79 Å². The number of ether oxygens (including phenoxy) is 4. The van der Waals surface area contributed by atoms with Gasteiger partial charge in [0.25, 0.3) is 5.91 Å². The average molecular weight is 548 g/mol. The van der Waals surface area contributed by atoms with E-state index < -0.39 is 5.91 Å². The number of rotatable bonds is 10. The van der Waals surface area contributed by atoms with Gasteiger partial charge in [-0.25, -0.2) is 5.43 Å². The Balaban J connectivity index is 1.73. The van der Waals surface area contributed by atoms with Gasteiger partial charge in [0.15, 0.2) is 11.5 Å². The Morgan fingerprint density at radius 2 is 1.79 bits per heavy atom. The molecule has 3 aromatic rings. The molecule has 0 aliphatic rings. The minimum Gasteiger partial charge on any atom is -0.497 e. The second kappa shape index (κ2) is 12.3. The van der Waals surface area contributed by atoms with Crippen LogP contribution in [-0.4, -0.2) is 32.9 Å². The minimum atomic E-state index is -0.404. The molecular weight excluding hydrogens is 524 g/mol. The second-order valence-electron chi connectivity index (χ2n) is 6.98. The largest absolute Gasteiger partial charge is 0.497 e. The number of methoxy groups -OCH3 is 2. The third kappa shape index (κ3) is 6.88. The van der Waals surface area contributed by atoms with Crippen LogP contribution in [0.25, 0.3) is 0 Å². The third-order valence-corrected chi connectivity index (χ3v) is 5.42. The minimum absolute atomic E-state index is 0.326. The lowest BCUT2D eigenvalue weighted by Crippen LogP contribution is -2.17. The van der Waals surface area contributed by atoms with Gasteiger partial charge in [0.2, 0.25) is 0 Å². The number of hydrogen-bond acceptors (Lipinski definition) is 6. The van der Waals surface area contributed by atoms with Crippen LogP contribution in [0.4, 0.5) is 0 Å². The summed E-state index contributed by atoms with van der Waals surface area (Å²) in [6.07, 6.45) is 1.52. The number of carbonyl (C=O) groups is 1. The Hall–Kier alpha value is -3.23. The molecule has 0 spiro atoms. The van der Waals surface area contributed by atoms with Gasteiger partial charge < -0.3 is 18.9 Å². The molecule has 0 radical (unpaired) electrons. The maximum Gasteiger partial charge on any atom is 0.271 e. The summed E-state index contributed by atoms with van der Waals surface area (Å²) in [4.78, 5) is 12.5. The molecule has 0 aliphatic heterocycles. The fourth-order valence-corrected chi connectivity index (χ4v) is 3.80. The number of benzene rings is 3. The van der Waals surface area contributed by atoms with Crippen molar-refractivity contribution < 1.29 is 23.7 Å². The van der Waals surface area contributed by atoms with Crippen molar-refractivity contribution in [2.24, 2.45) is 5.10 Å². The molecule has 0 saturated carbocycles. The van der Waals surface area contributed by atoms with Crippen LogP contribution in [0.15, 0.2) is 64.2 Å². The summed E-state index contributed by atoms with van der Waals surface area (Å²) >= 11 is 9.59. The van der Waals surface area contributed by atoms with Gasteiger partial charge in [0, 0.05) is 16.7 Å². The van der Waals surface area contributed by atoms with Gasteiger partial charge in [-0.15, -0.1) is 0 Å². The van der Waals surface area contributed by atoms with Crippen LogP contribution in [0.5, 0.6) is 23.0 Å². The van der Waals surface area contributed by atoms with Gasteiger partial charge in [-0.2, -0.15) is 5.10 Å². The molecule has 0 fully saturated rings.